The lowest BCUT2D eigenvalue weighted by molar-refractivity contribution is -0.137. The van der Waals surface area contributed by atoms with Crippen LogP contribution in [0.4, 0.5) is 13.2 Å². The maximum atomic E-state index is 13.1. The van der Waals surface area contributed by atoms with Crippen molar-refractivity contribution < 1.29 is 18.0 Å². The Bertz CT molecular complexity index is 1160. The molecule has 1 atom stereocenters. The van der Waals surface area contributed by atoms with Gasteiger partial charge in [0, 0.05) is 23.6 Å². The molecule has 1 aromatic heterocycles. The molecular formula is C24H24ClF3N4O. The summed E-state index contributed by atoms with van der Waals surface area (Å²) in [6.45, 7) is 4.77. The average molecular weight is 477 g/mol. The molecule has 4 rings (SSSR count). The van der Waals surface area contributed by atoms with Gasteiger partial charge in [-0.05, 0) is 37.2 Å². The number of alkyl halides is 3. The van der Waals surface area contributed by atoms with Gasteiger partial charge in [-0.2, -0.15) is 18.3 Å². The smallest absolute Gasteiger partial charge is 0.347 e. The van der Waals surface area contributed by atoms with Crippen molar-refractivity contribution in [1.29, 1.82) is 0 Å². The summed E-state index contributed by atoms with van der Waals surface area (Å²) in [5.74, 6) is -0.277. The fourth-order valence-electron chi connectivity index (χ4n) is 3.91. The number of carbonyl (C=O) groups excluding carboxylic acids is 1. The molecule has 0 spiro atoms. The lowest BCUT2D eigenvalue weighted by atomic mass is 10.0. The summed E-state index contributed by atoms with van der Waals surface area (Å²) in [5, 5.41) is 11.7. The molecule has 9 heteroatoms. The fourth-order valence-corrected chi connectivity index (χ4v) is 4.12. The van der Waals surface area contributed by atoms with E-state index in [9.17, 15) is 18.0 Å². The summed E-state index contributed by atoms with van der Waals surface area (Å²) < 4.78 is 41.1. The number of carbonyl (C=O) groups is 1. The molecule has 1 amide bonds. The van der Waals surface area contributed by atoms with E-state index in [-0.39, 0.29) is 17.9 Å². The minimum Gasteiger partial charge on any atom is -0.347 e. The maximum Gasteiger partial charge on any atom is 0.416 e. The highest BCUT2D eigenvalue weighted by molar-refractivity contribution is 6.32. The number of amides is 1. The van der Waals surface area contributed by atoms with Crippen molar-refractivity contribution in [3.8, 4) is 16.9 Å². The van der Waals surface area contributed by atoms with E-state index in [1.54, 1.807) is 22.9 Å². The summed E-state index contributed by atoms with van der Waals surface area (Å²) >= 11 is 6.47. The topological polar surface area (TPSA) is 59.0 Å². The molecule has 2 aromatic carbocycles. The largest absolute Gasteiger partial charge is 0.416 e. The van der Waals surface area contributed by atoms with Crippen LogP contribution in [-0.2, 0) is 17.5 Å². The van der Waals surface area contributed by atoms with E-state index >= 15 is 0 Å². The van der Waals surface area contributed by atoms with Gasteiger partial charge in [0.1, 0.15) is 0 Å². The Kier molecular flexibility index (Phi) is 6.50. The number of nitrogens with zero attached hydrogens (tertiary/aromatic N) is 2. The van der Waals surface area contributed by atoms with Crippen molar-refractivity contribution in [2.24, 2.45) is 5.92 Å². The van der Waals surface area contributed by atoms with Crippen LogP contribution in [0.1, 0.15) is 43.1 Å². The average Bonchev–Trinajstić information content (AvgIpc) is 3.03. The lowest BCUT2D eigenvalue weighted by Crippen LogP contribution is -2.33. The van der Waals surface area contributed by atoms with Crippen LogP contribution < -0.4 is 10.6 Å². The van der Waals surface area contributed by atoms with Crippen molar-refractivity contribution in [2.45, 2.75) is 39.0 Å². The van der Waals surface area contributed by atoms with E-state index in [1.807, 2.05) is 19.9 Å². The molecule has 0 saturated carbocycles. The highest BCUT2D eigenvalue weighted by Gasteiger charge is 2.32. The molecule has 1 aliphatic heterocycles. The maximum absolute atomic E-state index is 13.1. The molecular weight excluding hydrogens is 453 g/mol. The van der Waals surface area contributed by atoms with Gasteiger partial charge in [0.05, 0.1) is 33.7 Å². The number of rotatable bonds is 4. The minimum absolute atomic E-state index is 0.0868. The fraction of sp³-hybridized carbons (Fsp3) is 0.333. The number of aromatic nitrogens is 2. The van der Waals surface area contributed by atoms with Gasteiger partial charge in [-0.15, -0.1) is 0 Å². The lowest BCUT2D eigenvalue weighted by Gasteiger charge is -2.17. The molecule has 0 aliphatic carbocycles. The van der Waals surface area contributed by atoms with Crippen LogP contribution in [0, 0.1) is 5.92 Å². The van der Waals surface area contributed by atoms with E-state index < -0.39 is 11.7 Å². The SMILES string of the molecule is CC(C)C(=O)NC1CCNCc2c1nn(-c1ccccc1Cl)c2-c1ccc(C(F)(F)F)cc1. The minimum atomic E-state index is -4.42. The van der Waals surface area contributed by atoms with E-state index in [4.69, 9.17) is 16.7 Å². The summed E-state index contributed by atoms with van der Waals surface area (Å²) in [4.78, 5) is 12.5. The zero-order chi connectivity index (χ0) is 23.8. The number of nitrogens with one attached hydrogen (secondary N) is 2. The van der Waals surface area contributed by atoms with Crippen molar-refractivity contribution in [2.75, 3.05) is 6.54 Å². The van der Waals surface area contributed by atoms with Crippen molar-refractivity contribution in [1.82, 2.24) is 20.4 Å². The Balaban J connectivity index is 1.90. The first-order valence-electron chi connectivity index (χ1n) is 10.7. The van der Waals surface area contributed by atoms with Crippen molar-refractivity contribution >= 4 is 17.5 Å². The first-order valence-corrected chi connectivity index (χ1v) is 11.1. The summed E-state index contributed by atoms with van der Waals surface area (Å²) in [5.41, 5.74) is 2.61. The van der Waals surface area contributed by atoms with Crippen LogP contribution in [-0.4, -0.2) is 22.2 Å². The third-order valence-electron chi connectivity index (χ3n) is 5.66. The number of para-hydroxylation sites is 1. The number of halogens is 4. The molecule has 174 valence electrons. The zero-order valence-corrected chi connectivity index (χ0v) is 19.0. The van der Waals surface area contributed by atoms with E-state index in [0.717, 1.165) is 17.7 Å². The Morgan fingerprint density at radius 3 is 2.52 bits per heavy atom. The summed E-state index contributed by atoms with van der Waals surface area (Å²) in [6, 6.07) is 11.8. The predicted octanol–water partition coefficient (Wildman–Crippen LogP) is 5.52. The second kappa shape index (κ2) is 9.19. The number of benzene rings is 2. The zero-order valence-electron chi connectivity index (χ0n) is 18.2. The van der Waals surface area contributed by atoms with Gasteiger partial charge in [-0.3, -0.25) is 4.79 Å². The third kappa shape index (κ3) is 4.77. The van der Waals surface area contributed by atoms with Gasteiger partial charge in [-0.1, -0.05) is 49.7 Å². The van der Waals surface area contributed by atoms with Crippen molar-refractivity contribution in [3.05, 3.63) is 70.4 Å². The van der Waals surface area contributed by atoms with Crippen LogP contribution >= 0.6 is 11.6 Å². The Morgan fingerprint density at radius 1 is 1.18 bits per heavy atom. The van der Waals surface area contributed by atoms with Gasteiger partial charge >= 0.3 is 6.18 Å². The van der Waals surface area contributed by atoms with Gasteiger partial charge < -0.3 is 10.6 Å². The highest BCUT2D eigenvalue weighted by Crippen LogP contribution is 2.37. The van der Waals surface area contributed by atoms with Crippen LogP contribution in [0.25, 0.3) is 16.9 Å². The molecule has 5 nitrogen and oxygen atoms in total. The van der Waals surface area contributed by atoms with Gasteiger partial charge in [0.15, 0.2) is 0 Å². The number of hydrogen-bond donors (Lipinski definition) is 2. The number of fused-ring (bicyclic) bond motifs is 1. The Hall–Kier alpha value is -2.84. The molecule has 0 radical (unpaired) electrons. The molecule has 33 heavy (non-hydrogen) atoms. The second-order valence-corrected chi connectivity index (χ2v) is 8.74. The molecule has 1 unspecified atom stereocenters. The van der Waals surface area contributed by atoms with E-state index in [0.29, 0.717) is 47.2 Å². The molecule has 3 aromatic rings. The second-order valence-electron chi connectivity index (χ2n) is 8.33. The standard InChI is InChI=1S/C24H24ClF3N4O/c1-14(2)23(33)30-19-11-12-29-13-17-21(19)31-32(20-6-4-3-5-18(20)25)22(17)15-7-9-16(10-8-15)24(26,27)28/h3-10,14,19,29H,11-13H2,1-2H3,(H,30,33). The molecule has 0 bridgehead atoms. The third-order valence-corrected chi connectivity index (χ3v) is 5.98. The van der Waals surface area contributed by atoms with Gasteiger partial charge in [0.2, 0.25) is 5.91 Å². The number of hydrogen-bond acceptors (Lipinski definition) is 3. The van der Waals surface area contributed by atoms with Crippen LogP contribution in [0.5, 0.6) is 0 Å². The van der Waals surface area contributed by atoms with E-state index in [1.165, 1.54) is 12.1 Å². The first-order chi connectivity index (χ1) is 15.7. The molecule has 2 N–H and O–H groups in total. The molecule has 0 saturated heterocycles. The van der Waals surface area contributed by atoms with Crippen LogP contribution in [0.15, 0.2) is 48.5 Å². The molecule has 1 aliphatic rings. The quantitative estimate of drug-likeness (QED) is 0.521. The summed E-state index contributed by atoms with van der Waals surface area (Å²) in [7, 11) is 0. The van der Waals surface area contributed by atoms with Gasteiger partial charge in [-0.25, -0.2) is 4.68 Å². The molecule has 0 fully saturated rings. The highest BCUT2D eigenvalue weighted by atomic mass is 35.5. The van der Waals surface area contributed by atoms with Crippen LogP contribution in [0.2, 0.25) is 5.02 Å². The monoisotopic (exact) mass is 476 g/mol. The Morgan fingerprint density at radius 2 is 1.88 bits per heavy atom. The summed E-state index contributed by atoms with van der Waals surface area (Å²) in [6.07, 6.45) is -3.79. The molecule has 2 heterocycles. The Labute approximate surface area is 194 Å². The van der Waals surface area contributed by atoms with Crippen molar-refractivity contribution in [3.63, 3.8) is 0 Å². The van der Waals surface area contributed by atoms with E-state index in [2.05, 4.69) is 10.6 Å². The van der Waals surface area contributed by atoms with Gasteiger partial charge in [0.25, 0.3) is 0 Å². The first kappa shape index (κ1) is 23.3. The predicted molar refractivity (Wildman–Crippen MR) is 121 cm³/mol. The normalized spacial score (nSPS) is 16.4. The van der Waals surface area contributed by atoms with Crippen LogP contribution in [0.3, 0.4) is 0 Å².